The molecule has 3 heterocycles. The van der Waals surface area contributed by atoms with E-state index in [1.807, 2.05) is 36.4 Å². The van der Waals surface area contributed by atoms with Gasteiger partial charge in [0.2, 0.25) is 0 Å². The van der Waals surface area contributed by atoms with Crippen molar-refractivity contribution in [3.05, 3.63) is 35.7 Å². The van der Waals surface area contributed by atoms with E-state index in [9.17, 15) is 10.5 Å². The van der Waals surface area contributed by atoms with E-state index in [4.69, 9.17) is 9.47 Å². The van der Waals surface area contributed by atoms with Crippen molar-refractivity contribution in [1.82, 2.24) is 9.97 Å². The van der Waals surface area contributed by atoms with Crippen LogP contribution in [0.15, 0.2) is 24.3 Å². The predicted octanol–water partition coefficient (Wildman–Crippen LogP) is 7.10. The first-order chi connectivity index (χ1) is 16.7. The van der Waals surface area contributed by atoms with Crippen LogP contribution >= 0.6 is 22.7 Å². The Labute approximate surface area is 207 Å². The SMILES string of the molecule is N#Cc1nc(-c2ccc(OC3CCCCC3)s2)c(-c2ccc(OC3CCCCC3)s2)nc1C#N. The molecule has 0 amide bonds. The van der Waals surface area contributed by atoms with Crippen LogP contribution in [0.2, 0.25) is 0 Å². The van der Waals surface area contributed by atoms with Gasteiger partial charge in [0.1, 0.15) is 23.5 Å². The summed E-state index contributed by atoms with van der Waals surface area (Å²) >= 11 is 3.03. The largest absolute Gasteiger partial charge is 0.481 e. The van der Waals surface area contributed by atoms with Crippen molar-refractivity contribution < 1.29 is 9.47 Å². The van der Waals surface area contributed by atoms with Gasteiger partial charge in [0.15, 0.2) is 21.5 Å². The molecular weight excluding hydrogens is 464 g/mol. The number of hydrogen-bond donors (Lipinski definition) is 0. The van der Waals surface area contributed by atoms with Crippen LogP contribution in [-0.2, 0) is 0 Å². The van der Waals surface area contributed by atoms with Gasteiger partial charge in [-0.25, -0.2) is 9.97 Å². The van der Waals surface area contributed by atoms with Gasteiger partial charge in [-0.05, 0) is 75.6 Å². The predicted molar refractivity (Wildman–Crippen MR) is 133 cm³/mol. The van der Waals surface area contributed by atoms with Crippen LogP contribution in [0.3, 0.4) is 0 Å². The molecule has 2 saturated carbocycles. The van der Waals surface area contributed by atoms with Crippen molar-refractivity contribution in [2.24, 2.45) is 0 Å². The molecule has 0 N–H and O–H groups in total. The number of aromatic nitrogens is 2. The molecule has 0 atom stereocenters. The summed E-state index contributed by atoms with van der Waals surface area (Å²) in [6.45, 7) is 0. The molecule has 8 heteroatoms. The molecule has 0 bridgehead atoms. The van der Waals surface area contributed by atoms with Gasteiger partial charge in [-0.2, -0.15) is 10.5 Å². The Bertz CT molecular complexity index is 1130. The fourth-order valence-corrected chi connectivity index (χ4v) is 6.48. The number of thiophene rings is 2. The Morgan fingerprint density at radius 1 is 0.647 bits per heavy atom. The first-order valence-electron chi connectivity index (χ1n) is 12.0. The molecule has 0 unspecified atom stereocenters. The highest BCUT2D eigenvalue weighted by molar-refractivity contribution is 7.18. The maximum absolute atomic E-state index is 9.55. The van der Waals surface area contributed by atoms with Crippen molar-refractivity contribution >= 4 is 22.7 Å². The number of nitriles is 2. The van der Waals surface area contributed by atoms with Gasteiger partial charge < -0.3 is 9.47 Å². The summed E-state index contributed by atoms with van der Waals surface area (Å²) in [7, 11) is 0. The van der Waals surface area contributed by atoms with Gasteiger partial charge in [-0.3, -0.25) is 0 Å². The number of ether oxygens (including phenoxy) is 2. The van der Waals surface area contributed by atoms with E-state index in [1.165, 1.54) is 61.2 Å². The molecule has 174 valence electrons. The van der Waals surface area contributed by atoms with Crippen LogP contribution in [0.25, 0.3) is 21.1 Å². The summed E-state index contributed by atoms with van der Waals surface area (Å²) in [6, 6.07) is 11.9. The van der Waals surface area contributed by atoms with Crippen molar-refractivity contribution in [3.8, 4) is 43.4 Å². The van der Waals surface area contributed by atoms with E-state index in [-0.39, 0.29) is 23.6 Å². The maximum atomic E-state index is 9.55. The molecule has 0 radical (unpaired) electrons. The lowest BCUT2D eigenvalue weighted by molar-refractivity contribution is 0.160. The Balaban J connectivity index is 1.46. The molecule has 2 aliphatic carbocycles. The molecule has 0 aromatic carbocycles. The van der Waals surface area contributed by atoms with Gasteiger partial charge in [-0.15, -0.1) is 0 Å². The molecule has 0 spiro atoms. The number of nitrogens with zero attached hydrogens (tertiary/aromatic N) is 4. The first-order valence-corrected chi connectivity index (χ1v) is 13.6. The summed E-state index contributed by atoms with van der Waals surface area (Å²) in [5.41, 5.74) is 1.29. The molecule has 3 aromatic heterocycles. The molecule has 5 rings (SSSR count). The van der Waals surface area contributed by atoms with Gasteiger partial charge >= 0.3 is 0 Å². The van der Waals surface area contributed by atoms with Crippen LogP contribution in [0.1, 0.15) is 75.6 Å². The van der Waals surface area contributed by atoms with Gasteiger partial charge in [-0.1, -0.05) is 35.5 Å². The van der Waals surface area contributed by atoms with Crippen LogP contribution in [0, 0.1) is 22.7 Å². The first kappa shape index (κ1) is 22.8. The smallest absolute Gasteiger partial charge is 0.177 e. The normalized spacial score (nSPS) is 17.1. The monoisotopic (exact) mass is 490 g/mol. The molecule has 0 aliphatic heterocycles. The maximum Gasteiger partial charge on any atom is 0.177 e. The lowest BCUT2D eigenvalue weighted by atomic mass is 9.98. The molecule has 0 saturated heterocycles. The van der Waals surface area contributed by atoms with E-state index in [2.05, 4.69) is 9.97 Å². The Morgan fingerprint density at radius 2 is 1.06 bits per heavy atom. The summed E-state index contributed by atoms with van der Waals surface area (Å²) in [5, 5.41) is 20.8. The van der Waals surface area contributed by atoms with Crippen molar-refractivity contribution in [3.63, 3.8) is 0 Å². The zero-order valence-corrected chi connectivity index (χ0v) is 20.6. The van der Waals surface area contributed by atoms with E-state index in [0.717, 1.165) is 45.6 Å². The highest BCUT2D eigenvalue weighted by Gasteiger charge is 2.22. The summed E-state index contributed by atoms with van der Waals surface area (Å²) in [4.78, 5) is 10.9. The second-order valence-electron chi connectivity index (χ2n) is 8.83. The highest BCUT2D eigenvalue weighted by atomic mass is 32.1. The molecule has 6 nitrogen and oxygen atoms in total. The number of hydrogen-bond acceptors (Lipinski definition) is 8. The summed E-state index contributed by atoms with van der Waals surface area (Å²) in [6.07, 6.45) is 12.3. The van der Waals surface area contributed by atoms with Crippen LogP contribution in [-0.4, -0.2) is 22.2 Å². The Hall–Kier alpha value is -2.94. The molecule has 2 fully saturated rings. The van der Waals surface area contributed by atoms with Gasteiger partial charge in [0, 0.05) is 0 Å². The van der Waals surface area contributed by atoms with E-state index in [1.54, 1.807) is 0 Å². The lowest BCUT2D eigenvalue weighted by Gasteiger charge is -2.21. The summed E-state index contributed by atoms with van der Waals surface area (Å²) in [5.74, 6) is 0. The standard InChI is InChI=1S/C26H26N4O2S2/c27-15-19-20(16-28)30-26(22-12-14-24(34-22)32-18-9-5-2-6-10-18)25(29-19)21-11-13-23(33-21)31-17-7-3-1-4-8-17/h11-14,17-18H,1-10H2. The zero-order valence-electron chi connectivity index (χ0n) is 19.0. The quantitative estimate of drug-likeness (QED) is 0.366. The molecular formula is C26H26N4O2S2. The third-order valence-electron chi connectivity index (χ3n) is 6.41. The molecule has 3 aromatic rings. The van der Waals surface area contributed by atoms with Crippen molar-refractivity contribution in [2.45, 2.75) is 76.4 Å². The topological polar surface area (TPSA) is 91.8 Å². The lowest BCUT2D eigenvalue weighted by Crippen LogP contribution is -2.18. The number of rotatable bonds is 6. The second-order valence-corrected chi connectivity index (χ2v) is 10.9. The minimum atomic E-state index is 0.0413. The van der Waals surface area contributed by atoms with Crippen molar-refractivity contribution in [2.75, 3.05) is 0 Å². The van der Waals surface area contributed by atoms with Crippen LogP contribution in [0.5, 0.6) is 10.1 Å². The average Bonchev–Trinajstić information content (AvgIpc) is 3.54. The molecule has 2 aliphatic rings. The van der Waals surface area contributed by atoms with Gasteiger partial charge in [0.05, 0.1) is 22.0 Å². The van der Waals surface area contributed by atoms with Crippen molar-refractivity contribution in [1.29, 1.82) is 10.5 Å². The zero-order chi connectivity index (χ0) is 23.3. The minimum Gasteiger partial charge on any atom is -0.481 e. The second kappa shape index (κ2) is 10.5. The minimum absolute atomic E-state index is 0.0413. The average molecular weight is 491 g/mol. The van der Waals surface area contributed by atoms with E-state index in [0.29, 0.717) is 11.4 Å². The van der Waals surface area contributed by atoms with Crippen LogP contribution < -0.4 is 9.47 Å². The highest BCUT2D eigenvalue weighted by Crippen LogP contribution is 2.42. The van der Waals surface area contributed by atoms with E-state index < -0.39 is 0 Å². The third-order valence-corrected chi connectivity index (χ3v) is 8.37. The summed E-state index contributed by atoms with van der Waals surface area (Å²) < 4.78 is 12.5. The fraction of sp³-hybridized carbons (Fsp3) is 0.462. The fourth-order valence-electron chi connectivity index (χ4n) is 4.65. The van der Waals surface area contributed by atoms with Gasteiger partial charge in [0.25, 0.3) is 0 Å². The van der Waals surface area contributed by atoms with Crippen LogP contribution in [0.4, 0.5) is 0 Å². The van der Waals surface area contributed by atoms with E-state index >= 15 is 0 Å². The Morgan fingerprint density at radius 3 is 1.44 bits per heavy atom. The molecule has 34 heavy (non-hydrogen) atoms. The Kier molecular flexibility index (Phi) is 7.08. The third kappa shape index (κ3) is 5.09.